The third kappa shape index (κ3) is 4.37. The van der Waals surface area contributed by atoms with Crippen molar-refractivity contribution >= 4 is 16.8 Å². The second kappa shape index (κ2) is 9.57. The molecule has 1 aliphatic carbocycles. The number of nitrogens with one attached hydrogen (secondary N) is 1. The first-order valence-corrected chi connectivity index (χ1v) is 12.0. The highest BCUT2D eigenvalue weighted by Gasteiger charge is 2.37. The minimum Gasteiger partial charge on any atom is -0.496 e. The van der Waals surface area contributed by atoms with Crippen LogP contribution in [0.2, 0.25) is 0 Å². The third-order valence-electron chi connectivity index (χ3n) is 7.24. The van der Waals surface area contributed by atoms with E-state index in [0.29, 0.717) is 32.8 Å². The molecule has 2 aliphatic rings. The average Bonchev–Trinajstić information content (AvgIpc) is 3.49. The Morgan fingerprint density at radius 1 is 1.06 bits per heavy atom. The van der Waals surface area contributed by atoms with Crippen LogP contribution < -0.4 is 10.1 Å². The number of morpholine rings is 1. The van der Waals surface area contributed by atoms with Crippen molar-refractivity contribution in [3.05, 3.63) is 65.9 Å². The van der Waals surface area contributed by atoms with Gasteiger partial charge in [-0.2, -0.15) is 0 Å². The Balaban J connectivity index is 1.40. The summed E-state index contributed by atoms with van der Waals surface area (Å²) in [5.41, 5.74) is 3.49. The molecule has 5 rings (SSSR count). The topological polar surface area (TPSA) is 55.7 Å². The van der Waals surface area contributed by atoms with Gasteiger partial charge in [0.25, 0.3) is 0 Å². The van der Waals surface area contributed by atoms with Crippen LogP contribution in [0.3, 0.4) is 0 Å². The van der Waals surface area contributed by atoms with Crippen LogP contribution in [0, 0.1) is 0 Å². The van der Waals surface area contributed by atoms with Crippen molar-refractivity contribution in [2.24, 2.45) is 0 Å². The van der Waals surface area contributed by atoms with E-state index in [1.807, 2.05) is 17.0 Å². The van der Waals surface area contributed by atoms with Crippen LogP contribution in [0.15, 0.2) is 54.7 Å². The van der Waals surface area contributed by atoms with Crippen LogP contribution in [-0.2, 0) is 28.2 Å². The normalized spacial score (nSPS) is 18.0. The summed E-state index contributed by atoms with van der Waals surface area (Å²) in [5.74, 6) is 1.10. The van der Waals surface area contributed by atoms with Gasteiger partial charge in [0.1, 0.15) is 12.3 Å². The fourth-order valence-electron chi connectivity index (χ4n) is 5.48. The Morgan fingerprint density at radius 2 is 1.79 bits per heavy atom. The van der Waals surface area contributed by atoms with E-state index in [1.54, 1.807) is 7.11 Å². The Labute approximate surface area is 195 Å². The SMILES string of the molecule is COc1ccccc1C1(NCc2cn(CC(=O)N3CCOCC3)c3ccccc23)CCCC1. The van der Waals surface area contributed by atoms with Crippen molar-refractivity contribution in [1.29, 1.82) is 0 Å². The number of benzene rings is 2. The molecule has 0 atom stereocenters. The van der Waals surface area contributed by atoms with E-state index in [1.165, 1.54) is 29.4 Å². The summed E-state index contributed by atoms with van der Waals surface area (Å²) in [5, 5.41) is 5.12. The van der Waals surface area contributed by atoms with Crippen LogP contribution in [0.1, 0.15) is 36.8 Å². The number of carbonyl (C=O) groups is 1. The monoisotopic (exact) mass is 447 g/mol. The zero-order chi connectivity index (χ0) is 22.7. The maximum atomic E-state index is 12.9. The molecule has 6 nitrogen and oxygen atoms in total. The van der Waals surface area contributed by atoms with Crippen molar-refractivity contribution in [3.63, 3.8) is 0 Å². The molecule has 2 heterocycles. The summed E-state index contributed by atoms with van der Waals surface area (Å²) >= 11 is 0. The Hall–Kier alpha value is -2.83. The predicted molar refractivity (Wildman–Crippen MR) is 129 cm³/mol. The van der Waals surface area contributed by atoms with Crippen LogP contribution in [0.25, 0.3) is 10.9 Å². The molecule has 1 saturated carbocycles. The predicted octanol–water partition coefficient (Wildman–Crippen LogP) is 4.07. The van der Waals surface area contributed by atoms with E-state index in [9.17, 15) is 4.79 Å². The van der Waals surface area contributed by atoms with Gasteiger partial charge < -0.3 is 24.3 Å². The van der Waals surface area contributed by atoms with Gasteiger partial charge in [-0.25, -0.2) is 0 Å². The molecule has 1 amide bonds. The highest BCUT2D eigenvalue weighted by molar-refractivity contribution is 5.86. The maximum absolute atomic E-state index is 12.9. The summed E-state index contributed by atoms with van der Waals surface area (Å²) in [6.07, 6.45) is 6.77. The molecular weight excluding hydrogens is 414 g/mol. The number of para-hydroxylation sites is 2. The van der Waals surface area contributed by atoms with Gasteiger partial charge in [0.2, 0.25) is 5.91 Å². The van der Waals surface area contributed by atoms with Gasteiger partial charge in [-0.1, -0.05) is 49.2 Å². The first kappa shape index (κ1) is 22.0. The lowest BCUT2D eigenvalue weighted by Gasteiger charge is -2.32. The molecular formula is C27H33N3O3. The number of amides is 1. The maximum Gasteiger partial charge on any atom is 0.242 e. The van der Waals surface area contributed by atoms with E-state index in [2.05, 4.69) is 52.5 Å². The number of aromatic nitrogens is 1. The second-order valence-electron chi connectivity index (χ2n) is 9.14. The third-order valence-corrected chi connectivity index (χ3v) is 7.24. The fraction of sp³-hybridized carbons (Fsp3) is 0.444. The zero-order valence-corrected chi connectivity index (χ0v) is 19.4. The van der Waals surface area contributed by atoms with Crippen molar-refractivity contribution in [1.82, 2.24) is 14.8 Å². The van der Waals surface area contributed by atoms with Crippen LogP contribution >= 0.6 is 0 Å². The summed E-state index contributed by atoms with van der Waals surface area (Å²) in [6, 6.07) is 16.8. The Kier molecular flexibility index (Phi) is 6.38. The fourth-order valence-corrected chi connectivity index (χ4v) is 5.48. The van der Waals surface area contributed by atoms with Crippen LogP contribution in [0.5, 0.6) is 5.75 Å². The van der Waals surface area contributed by atoms with Gasteiger partial charge in [-0.3, -0.25) is 4.79 Å². The van der Waals surface area contributed by atoms with Gasteiger partial charge in [0.15, 0.2) is 0 Å². The van der Waals surface area contributed by atoms with Gasteiger partial charge >= 0.3 is 0 Å². The number of methoxy groups -OCH3 is 1. The highest BCUT2D eigenvalue weighted by atomic mass is 16.5. The number of ether oxygens (including phenoxy) is 2. The van der Waals surface area contributed by atoms with Crippen molar-refractivity contribution in [2.45, 2.75) is 44.3 Å². The molecule has 1 N–H and O–H groups in total. The lowest BCUT2D eigenvalue weighted by molar-refractivity contribution is -0.135. The first-order valence-electron chi connectivity index (χ1n) is 12.0. The zero-order valence-electron chi connectivity index (χ0n) is 19.4. The van der Waals surface area contributed by atoms with Gasteiger partial charge in [0.05, 0.1) is 20.3 Å². The largest absolute Gasteiger partial charge is 0.496 e. The molecule has 0 spiro atoms. The molecule has 0 unspecified atom stereocenters. The molecule has 2 fully saturated rings. The number of rotatable bonds is 7. The molecule has 174 valence electrons. The molecule has 1 saturated heterocycles. The molecule has 0 bridgehead atoms. The number of hydrogen-bond donors (Lipinski definition) is 1. The smallest absolute Gasteiger partial charge is 0.242 e. The lowest BCUT2D eigenvalue weighted by atomic mass is 9.87. The quantitative estimate of drug-likeness (QED) is 0.593. The Morgan fingerprint density at radius 3 is 2.58 bits per heavy atom. The van der Waals surface area contributed by atoms with E-state index in [-0.39, 0.29) is 11.4 Å². The Bertz CT molecular complexity index is 1110. The average molecular weight is 448 g/mol. The van der Waals surface area contributed by atoms with Gasteiger partial charge in [-0.15, -0.1) is 0 Å². The molecule has 2 aromatic carbocycles. The lowest BCUT2D eigenvalue weighted by Crippen LogP contribution is -2.42. The van der Waals surface area contributed by atoms with E-state index >= 15 is 0 Å². The molecule has 1 aliphatic heterocycles. The summed E-state index contributed by atoms with van der Waals surface area (Å²) < 4.78 is 13.2. The minimum absolute atomic E-state index is 0.0839. The van der Waals surface area contributed by atoms with E-state index in [4.69, 9.17) is 9.47 Å². The summed E-state index contributed by atoms with van der Waals surface area (Å²) in [7, 11) is 1.75. The molecule has 33 heavy (non-hydrogen) atoms. The summed E-state index contributed by atoms with van der Waals surface area (Å²) in [6.45, 7) is 3.70. The van der Waals surface area contributed by atoms with Gasteiger partial charge in [0, 0.05) is 47.8 Å². The van der Waals surface area contributed by atoms with Crippen molar-refractivity contribution in [3.8, 4) is 5.75 Å². The van der Waals surface area contributed by atoms with Gasteiger partial charge in [-0.05, 0) is 30.5 Å². The highest BCUT2D eigenvalue weighted by Crippen LogP contribution is 2.43. The minimum atomic E-state index is -0.0839. The molecule has 3 aromatic rings. The standard InChI is InChI=1S/C27H33N3O3/c1-32-25-11-5-3-9-23(25)27(12-6-7-13-27)28-18-21-19-30(24-10-4-2-8-22(21)24)20-26(31)29-14-16-33-17-15-29/h2-5,8-11,19,28H,6-7,12-18,20H2,1H3. The number of fused-ring (bicyclic) bond motifs is 1. The molecule has 1 aromatic heterocycles. The number of nitrogens with zero attached hydrogens (tertiary/aromatic N) is 2. The van der Waals surface area contributed by atoms with E-state index in [0.717, 1.165) is 30.7 Å². The molecule has 6 heteroatoms. The second-order valence-corrected chi connectivity index (χ2v) is 9.14. The van der Waals surface area contributed by atoms with Crippen LogP contribution in [-0.4, -0.2) is 48.8 Å². The van der Waals surface area contributed by atoms with E-state index < -0.39 is 0 Å². The molecule has 0 radical (unpaired) electrons. The van der Waals surface area contributed by atoms with Crippen LogP contribution in [0.4, 0.5) is 0 Å². The number of carbonyl (C=O) groups excluding carboxylic acids is 1. The summed E-state index contributed by atoms with van der Waals surface area (Å²) in [4.78, 5) is 14.8. The van der Waals surface area contributed by atoms with Crippen molar-refractivity contribution < 1.29 is 14.3 Å². The number of hydrogen-bond acceptors (Lipinski definition) is 4. The first-order chi connectivity index (χ1) is 16.2. The van der Waals surface area contributed by atoms with Crippen molar-refractivity contribution in [2.75, 3.05) is 33.4 Å².